The number of hydrogen-bond acceptors (Lipinski definition) is 5. The van der Waals surface area contributed by atoms with Crippen LogP contribution < -0.4 is 5.32 Å². The van der Waals surface area contributed by atoms with Crippen molar-refractivity contribution in [2.24, 2.45) is 5.92 Å². The van der Waals surface area contributed by atoms with Gasteiger partial charge in [-0.25, -0.2) is 0 Å². The van der Waals surface area contributed by atoms with E-state index in [9.17, 15) is 9.59 Å². The van der Waals surface area contributed by atoms with E-state index in [0.29, 0.717) is 31.2 Å². The lowest BCUT2D eigenvalue weighted by Gasteiger charge is -2.25. The molecule has 7 nitrogen and oxygen atoms in total. The van der Waals surface area contributed by atoms with Gasteiger partial charge in [0.15, 0.2) is 5.69 Å². The Morgan fingerprint density at radius 1 is 1.38 bits per heavy atom. The molecule has 0 saturated carbocycles. The first-order valence-electron chi connectivity index (χ1n) is 9.52. The molecular weight excluding hydrogens is 332 g/mol. The van der Waals surface area contributed by atoms with Crippen molar-refractivity contribution in [2.45, 2.75) is 59.0 Å². The van der Waals surface area contributed by atoms with Crippen LogP contribution in [0.5, 0.6) is 0 Å². The standard InChI is InChI=1S/C19H32N4O3/c1-6-26-17(24)9-10-20-14-7-8-16-15(11-14)18(19(25)22(4)5)21-23(16)12-13(2)3/h13-14,20H,6-12H2,1-5H3. The molecule has 1 aliphatic carbocycles. The predicted octanol–water partition coefficient (Wildman–Crippen LogP) is 1.64. The Bertz CT molecular complexity index is 637. The summed E-state index contributed by atoms with van der Waals surface area (Å²) in [6, 6.07) is 0.252. The van der Waals surface area contributed by atoms with E-state index in [1.807, 2.05) is 11.6 Å². The van der Waals surface area contributed by atoms with Gasteiger partial charge < -0.3 is 15.0 Å². The maximum atomic E-state index is 12.6. The summed E-state index contributed by atoms with van der Waals surface area (Å²) in [4.78, 5) is 25.6. The number of esters is 1. The summed E-state index contributed by atoms with van der Waals surface area (Å²) in [5.41, 5.74) is 2.82. The van der Waals surface area contributed by atoms with Crippen molar-refractivity contribution in [2.75, 3.05) is 27.2 Å². The van der Waals surface area contributed by atoms with Crippen LogP contribution in [0.1, 0.15) is 55.4 Å². The molecular formula is C19H32N4O3. The lowest BCUT2D eigenvalue weighted by atomic mass is 9.91. The largest absolute Gasteiger partial charge is 0.466 e. The highest BCUT2D eigenvalue weighted by molar-refractivity contribution is 5.93. The molecule has 1 amide bonds. The van der Waals surface area contributed by atoms with Crippen LogP contribution in [0.25, 0.3) is 0 Å². The Morgan fingerprint density at radius 3 is 2.73 bits per heavy atom. The second-order valence-electron chi connectivity index (χ2n) is 7.50. The monoisotopic (exact) mass is 364 g/mol. The van der Waals surface area contributed by atoms with Gasteiger partial charge in [-0.1, -0.05) is 13.8 Å². The van der Waals surface area contributed by atoms with Crippen molar-refractivity contribution >= 4 is 11.9 Å². The Kier molecular flexibility index (Phi) is 7.20. The number of amides is 1. The van der Waals surface area contributed by atoms with E-state index in [0.717, 1.165) is 31.4 Å². The number of rotatable bonds is 8. The summed E-state index contributed by atoms with van der Waals surface area (Å²) in [7, 11) is 3.52. The number of carbonyl (C=O) groups is 2. The molecule has 26 heavy (non-hydrogen) atoms. The molecule has 0 bridgehead atoms. The summed E-state index contributed by atoms with van der Waals surface area (Å²) in [5.74, 6) is 0.252. The van der Waals surface area contributed by atoms with Crippen LogP contribution in [0.2, 0.25) is 0 Å². The van der Waals surface area contributed by atoms with E-state index in [1.54, 1.807) is 19.0 Å². The van der Waals surface area contributed by atoms with Crippen molar-refractivity contribution in [1.29, 1.82) is 0 Å². The zero-order valence-corrected chi connectivity index (χ0v) is 16.7. The van der Waals surface area contributed by atoms with Crippen LogP contribution in [0.15, 0.2) is 0 Å². The average molecular weight is 364 g/mol. The Labute approximate surface area is 156 Å². The van der Waals surface area contributed by atoms with Crippen molar-refractivity contribution in [3.8, 4) is 0 Å². The maximum absolute atomic E-state index is 12.6. The van der Waals surface area contributed by atoms with Crippen LogP contribution in [0.4, 0.5) is 0 Å². The molecule has 0 radical (unpaired) electrons. The van der Waals surface area contributed by atoms with Crippen LogP contribution in [0, 0.1) is 5.92 Å². The molecule has 0 fully saturated rings. The van der Waals surface area contributed by atoms with Crippen molar-refractivity contribution < 1.29 is 14.3 Å². The Morgan fingerprint density at radius 2 is 2.12 bits per heavy atom. The number of hydrogen-bond donors (Lipinski definition) is 1. The lowest BCUT2D eigenvalue weighted by molar-refractivity contribution is -0.143. The van der Waals surface area contributed by atoms with E-state index in [1.165, 1.54) is 5.69 Å². The third kappa shape index (κ3) is 5.06. The Balaban J connectivity index is 2.10. The fraction of sp³-hybridized carbons (Fsp3) is 0.737. The molecule has 1 aromatic heterocycles. The maximum Gasteiger partial charge on any atom is 0.307 e. The molecule has 7 heteroatoms. The quantitative estimate of drug-likeness (QED) is 0.710. The highest BCUT2D eigenvalue weighted by atomic mass is 16.5. The predicted molar refractivity (Wildman–Crippen MR) is 100 cm³/mol. The third-order valence-electron chi connectivity index (χ3n) is 4.56. The fourth-order valence-electron chi connectivity index (χ4n) is 3.35. The van der Waals surface area contributed by atoms with Gasteiger partial charge in [-0.15, -0.1) is 0 Å². The van der Waals surface area contributed by atoms with Crippen LogP contribution in [0.3, 0.4) is 0 Å². The smallest absolute Gasteiger partial charge is 0.307 e. The summed E-state index contributed by atoms with van der Waals surface area (Å²) in [6.07, 6.45) is 3.01. The first kappa shape index (κ1) is 20.4. The molecule has 1 aromatic rings. The molecule has 1 unspecified atom stereocenters. The van der Waals surface area contributed by atoms with Crippen LogP contribution in [-0.2, 0) is 28.9 Å². The van der Waals surface area contributed by atoms with Crippen molar-refractivity contribution in [3.63, 3.8) is 0 Å². The molecule has 146 valence electrons. The molecule has 1 atom stereocenters. The molecule has 0 saturated heterocycles. The van der Waals surface area contributed by atoms with Gasteiger partial charge in [0.2, 0.25) is 0 Å². The molecule has 0 aromatic carbocycles. The number of nitrogens with zero attached hydrogens (tertiary/aromatic N) is 3. The minimum Gasteiger partial charge on any atom is -0.466 e. The van der Waals surface area contributed by atoms with Gasteiger partial charge in [0.1, 0.15) is 0 Å². The number of fused-ring (bicyclic) bond motifs is 1. The van der Waals surface area contributed by atoms with Crippen molar-refractivity contribution in [1.82, 2.24) is 20.0 Å². The van der Waals surface area contributed by atoms with E-state index in [-0.39, 0.29) is 17.9 Å². The number of ether oxygens (including phenoxy) is 1. The zero-order valence-electron chi connectivity index (χ0n) is 16.7. The topological polar surface area (TPSA) is 76.5 Å². The molecule has 1 N–H and O–H groups in total. The highest BCUT2D eigenvalue weighted by Gasteiger charge is 2.29. The Hall–Kier alpha value is -1.89. The van der Waals surface area contributed by atoms with E-state index < -0.39 is 0 Å². The normalized spacial score (nSPS) is 16.5. The average Bonchev–Trinajstić information content (AvgIpc) is 2.91. The second kappa shape index (κ2) is 9.16. The van der Waals surface area contributed by atoms with Gasteiger partial charge in [-0.2, -0.15) is 5.10 Å². The molecule has 0 spiro atoms. The van der Waals surface area contributed by atoms with Gasteiger partial charge in [-0.3, -0.25) is 14.3 Å². The van der Waals surface area contributed by atoms with Crippen LogP contribution >= 0.6 is 0 Å². The summed E-state index contributed by atoms with van der Waals surface area (Å²) in [5, 5.41) is 8.08. The number of nitrogens with one attached hydrogen (secondary N) is 1. The van der Waals surface area contributed by atoms with E-state index >= 15 is 0 Å². The summed E-state index contributed by atoms with van der Waals surface area (Å²) in [6.45, 7) is 7.96. The minimum absolute atomic E-state index is 0.0454. The summed E-state index contributed by atoms with van der Waals surface area (Å²) >= 11 is 0. The van der Waals surface area contributed by atoms with Gasteiger partial charge in [-0.05, 0) is 32.1 Å². The first-order valence-corrected chi connectivity index (χ1v) is 9.52. The van der Waals surface area contributed by atoms with Gasteiger partial charge in [0.25, 0.3) is 5.91 Å². The molecule has 1 heterocycles. The van der Waals surface area contributed by atoms with E-state index in [4.69, 9.17) is 4.74 Å². The SMILES string of the molecule is CCOC(=O)CCNC1CCc2c(c(C(=O)N(C)C)nn2CC(C)C)C1. The number of aromatic nitrogens is 2. The minimum atomic E-state index is -0.176. The first-order chi connectivity index (χ1) is 12.3. The third-order valence-corrected chi connectivity index (χ3v) is 4.56. The summed E-state index contributed by atoms with van der Waals surface area (Å²) < 4.78 is 6.98. The molecule has 0 aliphatic heterocycles. The molecule has 2 rings (SSSR count). The fourth-order valence-corrected chi connectivity index (χ4v) is 3.35. The zero-order chi connectivity index (χ0) is 19.3. The van der Waals surface area contributed by atoms with Gasteiger partial charge in [0, 0.05) is 44.5 Å². The lowest BCUT2D eigenvalue weighted by Crippen LogP contribution is -2.37. The second-order valence-corrected chi connectivity index (χ2v) is 7.50. The van der Waals surface area contributed by atoms with Crippen LogP contribution in [-0.4, -0.2) is 59.8 Å². The number of carbonyl (C=O) groups excluding carboxylic acids is 2. The van der Waals surface area contributed by atoms with Crippen molar-refractivity contribution in [3.05, 3.63) is 17.0 Å². The van der Waals surface area contributed by atoms with E-state index in [2.05, 4.69) is 24.3 Å². The highest BCUT2D eigenvalue weighted by Crippen LogP contribution is 2.26. The molecule has 1 aliphatic rings. The van der Waals surface area contributed by atoms with Gasteiger partial charge >= 0.3 is 5.97 Å². The van der Waals surface area contributed by atoms with Gasteiger partial charge in [0.05, 0.1) is 13.0 Å².